The van der Waals surface area contributed by atoms with Crippen molar-refractivity contribution >= 4 is 5.91 Å². The van der Waals surface area contributed by atoms with E-state index in [0.29, 0.717) is 12.3 Å². The highest BCUT2D eigenvalue weighted by Crippen LogP contribution is 2.01. The summed E-state index contributed by atoms with van der Waals surface area (Å²) in [5.41, 5.74) is 0. The van der Waals surface area contributed by atoms with Crippen LogP contribution in [0.3, 0.4) is 0 Å². The Kier molecular flexibility index (Phi) is 6.59. The van der Waals surface area contributed by atoms with E-state index in [1.165, 1.54) is 0 Å². The van der Waals surface area contributed by atoms with Crippen LogP contribution in [0.5, 0.6) is 0 Å². The van der Waals surface area contributed by atoms with Crippen molar-refractivity contribution in [3.8, 4) is 0 Å². The Bertz CT molecular complexity index is 146. The summed E-state index contributed by atoms with van der Waals surface area (Å²) >= 11 is 0. The lowest BCUT2D eigenvalue weighted by Crippen LogP contribution is -2.30. The second kappa shape index (κ2) is 6.89. The van der Waals surface area contributed by atoms with Crippen LogP contribution in [0.15, 0.2) is 0 Å². The molecule has 0 atom stereocenters. The number of nitrogens with one attached hydrogen (secondary N) is 1. The Morgan fingerprint density at radius 1 is 1.46 bits per heavy atom. The van der Waals surface area contributed by atoms with Gasteiger partial charge in [0.1, 0.15) is 0 Å². The predicted octanol–water partition coefficient (Wildman–Crippen LogP) is 1.10. The molecule has 78 valence electrons. The van der Waals surface area contributed by atoms with Crippen LogP contribution in [0.25, 0.3) is 0 Å². The zero-order valence-corrected chi connectivity index (χ0v) is 9.26. The van der Waals surface area contributed by atoms with Crippen molar-refractivity contribution in [2.45, 2.75) is 26.7 Å². The Balaban J connectivity index is 3.57. The third-order valence-corrected chi connectivity index (χ3v) is 2.06. The van der Waals surface area contributed by atoms with Gasteiger partial charge in [-0.15, -0.1) is 0 Å². The summed E-state index contributed by atoms with van der Waals surface area (Å²) in [7, 11) is 3.74. The molecule has 3 nitrogen and oxygen atoms in total. The number of carbonyl (C=O) groups excluding carboxylic acids is 1. The van der Waals surface area contributed by atoms with E-state index in [1.807, 2.05) is 19.0 Å². The van der Waals surface area contributed by atoms with E-state index in [2.05, 4.69) is 19.2 Å². The molecule has 0 unspecified atom stereocenters. The lowest BCUT2D eigenvalue weighted by molar-refractivity contribution is -0.129. The van der Waals surface area contributed by atoms with E-state index in [4.69, 9.17) is 0 Å². The number of carbonyl (C=O) groups is 1. The molecule has 0 radical (unpaired) electrons. The van der Waals surface area contributed by atoms with Gasteiger partial charge < -0.3 is 10.2 Å². The molecular formula is C10H22N2O. The molecule has 0 heterocycles. The Morgan fingerprint density at radius 2 is 2.08 bits per heavy atom. The predicted molar refractivity (Wildman–Crippen MR) is 55.6 cm³/mol. The Hall–Kier alpha value is -0.570. The molecular weight excluding hydrogens is 164 g/mol. The highest BCUT2D eigenvalue weighted by atomic mass is 16.2. The first-order valence-corrected chi connectivity index (χ1v) is 4.96. The van der Waals surface area contributed by atoms with Crippen molar-refractivity contribution in [3.05, 3.63) is 0 Å². The lowest BCUT2D eigenvalue weighted by atomic mass is 10.1. The minimum atomic E-state index is 0.231. The normalized spacial score (nSPS) is 10.5. The fourth-order valence-electron chi connectivity index (χ4n) is 0.999. The lowest BCUT2D eigenvalue weighted by Gasteiger charge is -2.18. The van der Waals surface area contributed by atoms with Crippen LogP contribution in [0.2, 0.25) is 0 Å². The van der Waals surface area contributed by atoms with E-state index in [-0.39, 0.29) is 5.91 Å². The fourth-order valence-corrected chi connectivity index (χ4v) is 0.999. The first-order chi connectivity index (χ1) is 6.07. The van der Waals surface area contributed by atoms with E-state index in [1.54, 1.807) is 0 Å². The minimum absolute atomic E-state index is 0.231. The van der Waals surface area contributed by atoms with Crippen LogP contribution in [0.1, 0.15) is 26.7 Å². The van der Waals surface area contributed by atoms with Gasteiger partial charge in [0.25, 0.3) is 0 Å². The zero-order chi connectivity index (χ0) is 10.3. The van der Waals surface area contributed by atoms with Gasteiger partial charge in [-0.25, -0.2) is 0 Å². The van der Waals surface area contributed by atoms with Crippen LogP contribution >= 0.6 is 0 Å². The molecule has 0 aliphatic carbocycles. The molecule has 1 N–H and O–H groups in total. The summed E-state index contributed by atoms with van der Waals surface area (Å²) in [4.78, 5) is 13.2. The van der Waals surface area contributed by atoms with Gasteiger partial charge in [-0.3, -0.25) is 4.79 Å². The topological polar surface area (TPSA) is 32.3 Å². The van der Waals surface area contributed by atoms with E-state index in [9.17, 15) is 4.79 Å². The summed E-state index contributed by atoms with van der Waals surface area (Å²) in [5, 5.41) is 2.97. The van der Waals surface area contributed by atoms with E-state index in [0.717, 1.165) is 19.5 Å². The van der Waals surface area contributed by atoms with Crippen molar-refractivity contribution in [1.82, 2.24) is 10.2 Å². The molecule has 3 heteroatoms. The van der Waals surface area contributed by atoms with Crippen molar-refractivity contribution < 1.29 is 4.79 Å². The van der Waals surface area contributed by atoms with Crippen LogP contribution in [-0.4, -0.2) is 38.0 Å². The van der Waals surface area contributed by atoms with Gasteiger partial charge in [0.15, 0.2) is 0 Å². The van der Waals surface area contributed by atoms with Crippen molar-refractivity contribution in [3.63, 3.8) is 0 Å². The van der Waals surface area contributed by atoms with Gasteiger partial charge in [0.2, 0.25) is 5.91 Å². The largest absolute Gasteiger partial charge is 0.346 e. The summed E-state index contributed by atoms with van der Waals surface area (Å²) in [6.45, 7) is 5.99. The van der Waals surface area contributed by atoms with Gasteiger partial charge in [0.05, 0.1) is 0 Å². The number of amides is 1. The number of rotatable bonds is 6. The summed E-state index contributed by atoms with van der Waals surface area (Å²) < 4.78 is 0. The monoisotopic (exact) mass is 186 g/mol. The molecule has 0 aromatic carbocycles. The first kappa shape index (κ1) is 12.4. The third-order valence-electron chi connectivity index (χ3n) is 2.06. The molecule has 0 aliphatic heterocycles. The minimum Gasteiger partial charge on any atom is -0.346 e. The van der Waals surface area contributed by atoms with Crippen molar-refractivity contribution in [1.29, 1.82) is 0 Å². The Morgan fingerprint density at radius 3 is 2.54 bits per heavy atom. The maximum absolute atomic E-state index is 11.4. The smallest absolute Gasteiger partial charge is 0.223 e. The SMILES string of the molecule is CNCCC(=O)N(C)CCC(C)C. The van der Waals surface area contributed by atoms with Gasteiger partial charge >= 0.3 is 0 Å². The molecule has 13 heavy (non-hydrogen) atoms. The van der Waals surface area contributed by atoms with E-state index >= 15 is 0 Å². The molecule has 1 amide bonds. The molecule has 0 aliphatic rings. The molecule has 0 spiro atoms. The number of hydrogen-bond acceptors (Lipinski definition) is 2. The quantitative estimate of drug-likeness (QED) is 0.673. The molecule has 0 aromatic rings. The van der Waals surface area contributed by atoms with Gasteiger partial charge in [-0.2, -0.15) is 0 Å². The molecule has 0 fully saturated rings. The third kappa shape index (κ3) is 6.58. The average Bonchev–Trinajstić information content (AvgIpc) is 2.10. The van der Waals surface area contributed by atoms with Gasteiger partial charge in [-0.05, 0) is 19.4 Å². The highest BCUT2D eigenvalue weighted by Gasteiger charge is 2.07. The van der Waals surface area contributed by atoms with Crippen molar-refractivity contribution in [2.24, 2.45) is 5.92 Å². The van der Waals surface area contributed by atoms with Gasteiger partial charge in [-0.1, -0.05) is 13.8 Å². The molecule has 0 bridgehead atoms. The van der Waals surface area contributed by atoms with Crippen LogP contribution < -0.4 is 5.32 Å². The Labute approximate surface area is 81.5 Å². The van der Waals surface area contributed by atoms with E-state index < -0.39 is 0 Å². The molecule has 0 saturated heterocycles. The van der Waals surface area contributed by atoms with Crippen LogP contribution in [0.4, 0.5) is 0 Å². The summed E-state index contributed by atoms with van der Waals surface area (Å²) in [6, 6.07) is 0. The zero-order valence-electron chi connectivity index (χ0n) is 9.26. The maximum atomic E-state index is 11.4. The number of nitrogens with zero attached hydrogens (tertiary/aromatic N) is 1. The maximum Gasteiger partial charge on any atom is 0.223 e. The molecule has 0 rings (SSSR count). The first-order valence-electron chi connectivity index (χ1n) is 4.96. The van der Waals surface area contributed by atoms with Crippen LogP contribution in [0, 0.1) is 5.92 Å². The average molecular weight is 186 g/mol. The van der Waals surface area contributed by atoms with Crippen molar-refractivity contribution in [2.75, 3.05) is 27.2 Å². The molecule has 0 saturated carbocycles. The standard InChI is InChI=1S/C10H22N2O/c1-9(2)6-8-12(4)10(13)5-7-11-3/h9,11H,5-8H2,1-4H3. The van der Waals surface area contributed by atoms with Gasteiger partial charge in [0, 0.05) is 26.6 Å². The summed E-state index contributed by atoms with van der Waals surface area (Å²) in [5.74, 6) is 0.898. The number of hydrogen-bond donors (Lipinski definition) is 1. The fraction of sp³-hybridized carbons (Fsp3) is 0.900. The second-order valence-corrected chi connectivity index (χ2v) is 3.85. The summed E-state index contributed by atoms with van der Waals surface area (Å²) in [6.07, 6.45) is 1.69. The molecule has 0 aromatic heterocycles. The highest BCUT2D eigenvalue weighted by molar-refractivity contribution is 5.75. The second-order valence-electron chi connectivity index (χ2n) is 3.85. The van der Waals surface area contributed by atoms with Crippen LogP contribution in [-0.2, 0) is 4.79 Å².